The summed E-state index contributed by atoms with van der Waals surface area (Å²) >= 11 is 0. The van der Waals surface area contributed by atoms with Gasteiger partial charge < -0.3 is 15.1 Å². The summed E-state index contributed by atoms with van der Waals surface area (Å²) in [6.07, 6.45) is 2.78. The summed E-state index contributed by atoms with van der Waals surface area (Å²) < 4.78 is 5.25. The number of aromatic nitrogens is 1. The average molecular weight is 242 g/mol. The number of nitrogens with two attached hydrogens (primary N) is 1. The van der Waals surface area contributed by atoms with E-state index in [0.29, 0.717) is 12.1 Å². The minimum atomic E-state index is -0.310. The second-order valence-corrected chi connectivity index (χ2v) is 4.46. The van der Waals surface area contributed by atoms with Crippen LogP contribution in [0.5, 0.6) is 0 Å². The van der Waals surface area contributed by atoms with Gasteiger partial charge in [-0.25, -0.2) is 4.79 Å². The van der Waals surface area contributed by atoms with Gasteiger partial charge in [-0.1, -0.05) is 0 Å². The quantitative estimate of drug-likeness (QED) is 0.676. The lowest BCUT2D eigenvalue weighted by Crippen LogP contribution is -2.02. The van der Waals surface area contributed by atoms with Crippen molar-refractivity contribution in [3.8, 4) is 0 Å². The molecule has 0 spiro atoms. The van der Waals surface area contributed by atoms with E-state index in [1.54, 1.807) is 0 Å². The molecule has 0 amide bonds. The van der Waals surface area contributed by atoms with Gasteiger partial charge in [-0.2, -0.15) is 0 Å². The van der Waals surface area contributed by atoms with Crippen LogP contribution in [0, 0.1) is 6.92 Å². The van der Waals surface area contributed by atoms with Crippen molar-refractivity contribution in [2.75, 3.05) is 6.54 Å². The van der Waals surface area contributed by atoms with Gasteiger partial charge in [-0.15, -0.1) is 0 Å². The Labute approximate surface area is 103 Å². The highest BCUT2D eigenvalue weighted by atomic mass is 16.4. The minimum Gasteiger partial charge on any atom is -0.423 e. The zero-order valence-corrected chi connectivity index (χ0v) is 10.1. The summed E-state index contributed by atoms with van der Waals surface area (Å²) in [6, 6.07) is 5.29. The van der Waals surface area contributed by atoms with Crippen LogP contribution in [0.3, 0.4) is 0 Å². The number of aryl methyl sites for hydroxylation is 1. The van der Waals surface area contributed by atoms with Crippen molar-refractivity contribution in [1.29, 1.82) is 0 Å². The molecule has 0 saturated heterocycles. The summed E-state index contributed by atoms with van der Waals surface area (Å²) in [5, 5.41) is 2.11. The second-order valence-electron chi connectivity index (χ2n) is 4.46. The SMILES string of the molecule is Cc1cc(=O)oc2ccc3[nH]cc(CCN)c3c12. The average Bonchev–Trinajstić information content (AvgIpc) is 2.72. The van der Waals surface area contributed by atoms with E-state index in [1.165, 1.54) is 6.07 Å². The number of hydrogen-bond acceptors (Lipinski definition) is 3. The zero-order chi connectivity index (χ0) is 12.7. The molecule has 92 valence electrons. The molecule has 1 aromatic carbocycles. The molecule has 0 atom stereocenters. The molecule has 4 nitrogen and oxygen atoms in total. The Morgan fingerprint density at radius 1 is 1.33 bits per heavy atom. The summed E-state index contributed by atoms with van der Waals surface area (Å²) in [7, 11) is 0. The Bertz CT molecular complexity index is 783. The van der Waals surface area contributed by atoms with Crippen molar-refractivity contribution in [1.82, 2.24) is 4.98 Å². The lowest BCUT2D eigenvalue weighted by Gasteiger charge is -2.04. The number of fused-ring (bicyclic) bond motifs is 3. The van der Waals surface area contributed by atoms with Gasteiger partial charge in [0, 0.05) is 28.6 Å². The van der Waals surface area contributed by atoms with Crippen molar-refractivity contribution < 1.29 is 4.42 Å². The summed E-state index contributed by atoms with van der Waals surface area (Å²) in [5.74, 6) is 0. The fourth-order valence-electron chi connectivity index (χ4n) is 2.49. The third kappa shape index (κ3) is 1.54. The molecule has 0 aliphatic rings. The van der Waals surface area contributed by atoms with E-state index in [2.05, 4.69) is 4.98 Å². The number of nitrogens with one attached hydrogen (secondary N) is 1. The Morgan fingerprint density at radius 2 is 2.17 bits per heavy atom. The van der Waals surface area contributed by atoms with E-state index < -0.39 is 0 Å². The molecule has 18 heavy (non-hydrogen) atoms. The maximum absolute atomic E-state index is 11.4. The van der Waals surface area contributed by atoms with Crippen LogP contribution in [0.2, 0.25) is 0 Å². The van der Waals surface area contributed by atoms with Crippen molar-refractivity contribution in [3.63, 3.8) is 0 Å². The Kier molecular flexibility index (Phi) is 2.45. The van der Waals surface area contributed by atoms with Crippen molar-refractivity contribution in [2.24, 2.45) is 5.73 Å². The summed E-state index contributed by atoms with van der Waals surface area (Å²) in [4.78, 5) is 14.6. The largest absolute Gasteiger partial charge is 0.423 e. The van der Waals surface area contributed by atoms with Crippen molar-refractivity contribution in [3.05, 3.63) is 45.9 Å². The van der Waals surface area contributed by atoms with E-state index in [-0.39, 0.29) is 5.63 Å². The van der Waals surface area contributed by atoms with Crippen LogP contribution in [0.25, 0.3) is 21.9 Å². The predicted octanol–water partition coefficient (Wildman–Crippen LogP) is 2.08. The highest BCUT2D eigenvalue weighted by Crippen LogP contribution is 2.29. The Hall–Kier alpha value is -2.07. The van der Waals surface area contributed by atoms with Crippen LogP contribution >= 0.6 is 0 Å². The van der Waals surface area contributed by atoms with E-state index in [0.717, 1.165) is 33.8 Å². The predicted molar refractivity (Wildman–Crippen MR) is 71.8 cm³/mol. The van der Waals surface area contributed by atoms with Gasteiger partial charge in [0.05, 0.1) is 0 Å². The smallest absolute Gasteiger partial charge is 0.336 e. The summed E-state index contributed by atoms with van der Waals surface area (Å²) in [5.41, 5.74) is 9.09. The lowest BCUT2D eigenvalue weighted by atomic mass is 10.0. The van der Waals surface area contributed by atoms with Gasteiger partial charge >= 0.3 is 5.63 Å². The van der Waals surface area contributed by atoms with Gasteiger partial charge in [0.15, 0.2) is 0 Å². The van der Waals surface area contributed by atoms with Crippen LogP contribution < -0.4 is 11.4 Å². The number of benzene rings is 1. The van der Waals surface area contributed by atoms with Gasteiger partial charge in [-0.05, 0) is 43.1 Å². The highest BCUT2D eigenvalue weighted by Gasteiger charge is 2.11. The first kappa shape index (κ1) is 11.0. The Morgan fingerprint density at radius 3 is 2.94 bits per heavy atom. The third-order valence-corrected chi connectivity index (χ3v) is 3.24. The van der Waals surface area contributed by atoms with Crippen molar-refractivity contribution >= 4 is 21.9 Å². The molecule has 3 aromatic rings. The molecule has 0 aliphatic carbocycles. The molecule has 2 aromatic heterocycles. The number of hydrogen-bond donors (Lipinski definition) is 2. The van der Waals surface area contributed by atoms with Gasteiger partial charge in [0.2, 0.25) is 0 Å². The maximum atomic E-state index is 11.4. The molecule has 4 heteroatoms. The van der Waals surface area contributed by atoms with Gasteiger partial charge in [0.25, 0.3) is 0 Å². The lowest BCUT2D eigenvalue weighted by molar-refractivity contribution is 0.560. The van der Waals surface area contributed by atoms with Crippen LogP contribution in [0.1, 0.15) is 11.1 Å². The standard InChI is InChI=1S/C14H14N2O2/c1-8-6-12(17)18-11-3-2-10-14(13(8)11)9(4-5-15)7-16-10/h2-3,6-7,16H,4-5,15H2,1H3. The molecular formula is C14H14N2O2. The van der Waals surface area contributed by atoms with E-state index >= 15 is 0 Å². The van der Waals surface area contributed by atoms with Crippen molar-refractivity contribution in [2.45, 2.75) is 13.3 Å². The monoisotopic (exact) mass is 242 g/mol. The number of H-pyrrole nitrogens is 1. The first-order chi connectivity index (χ1) is 8.70. The fourth-order valence-corrected chi connectivity index (χ4v) is 2.49. The molecule has 2 heterocycles. The molecule has 0 radical (unpaired) electrons. The molecule has 3 N–H and O–H groups in total. The molecule has 3 rings (SSSR count). The van der Waals surface area contributed by atoms with Crippen LogP contribution in [-0.4, -0.2) is 11.5 Å². The zero-order valence-electron chi connectivity index (χ0n) is 10.1. The summed E-state index contributed by atoms with van der Waals surface area (Å²) in [6.45, 7) is 2.52. The van der Waals surface area contributed by atoms with E-state index in [9.17, 15) is 4.79 Å². The van der Waals surface area contributed by atoms with E-state index in [4.69, 9.17) is 10.2 Å². The molecule has 0 fully saturated rings. The Balaban J connectivity index is 2.50. The van der Waals surface area contributed by atoms with Crippen LogP contribution in [-0.2, 0) is 6.42 Å². The third-order valence-electron chi connectivity index (χ3n) is 3.24. The number of aromatic amines is 1. The topological polar surface area (TPSA) is 72.0 Å². The van der Waals surface area contributed by atoms with Gasteiger partial charge in [-0.3, -0.25) is 0 Å². The first-order valence-electron chi connectivity index (χ1n) is 5.94. The molecule has 0 saturated carbocycles. The van der Waals surface area contributed by atoms with E-state index in [1.807, 2.05) is 25.3 Å². The molecule has 0 unspecified atom stereocenters. The normalized spacial score (nSPS) is 11.4. The van der Waals surface area contributed by atoms with Crippen LogP contribution in [0.4, 0.5) is 0 Å². The number of rotatable bonds is 2. The molecular weight excluding hydrogens is 228 g/mol. The van der Waals surface area contributed by atoms with Gasteiger partial charge in [0.1, 0.15) is 5.58 Å². The highest BCUT2D eigenvalue weighted by molar-refractivity contribution is 6.07. The minimum absolute atomic E-state index is 0.310. The molecule has 0 aliphatic heterocycles. The fraction of sp³-hybridized carbons (Fsp3) is 0.214. The molecule has 0 bridgehead atoms. The first-order valence-corrected chi connectivity index (χ1v) is 5.94. The second kappa shape index (κ2) is 3.99. The maximum Gasteiger partial charge on any atom is 0.336 e. The van der Waals surface area contributed by atoms with Crippen LogP contribution in [0.15, 0.2) is 33.6 Å².